The van der Waals surface area contributed by atoms with Crippen LogP contribution in [0.15, 0.2) is 29.6 Å². The zero-order valence-electron chi connectivity index (χ0n) is 14.7. The van der Waals surface area contributed by atoms with E-state index in [1.165, 1.54) is 16.9 Å². The standard InChI is InChI=1S/C18H23N3O2S.2ClH/c1-13-4-6-16(7-5-13)23-11-17-20-15(12-24-17)9-18(22)21-8-2-3-14(19)10-21;;/h4-7,12,14H,2-3,8-11,19H2,1H3;2*1H. The summed E-state index contributed by atoms with van der Waals surface area (Å²) < 4.78 is 5.73. The molecule has 0 saturated carbocycles. The maximum atomic E-state index is 12.3. The van der Waals surface area contributed by atoms with Crippen molar-refractivity contribution in [2.45, 2.75) is 38.8 Å². The van der Waals surface area contributed by atoms with E-state index in [4.69, 9.17) is 10.5 Å². The SMILES string of the molecule is Cc1ccc(OCc2nc(CC(=O)N3CCCC(N)C3)cs2)cc1.Cl.Cl. The smallest absolute Gasteiger partial charge is 0.228 e. The number of piperidine rings is 1. The molecule has 2 N–H and O–H groups in total. The Bertz CT molecular complexity index is 694. The number of amides is 1. The van der Waals surface area contributed by atoms with Crippen LogP contribution in [0.1, 0.15) is 29.1 Å². The zero-order chi connectivity index (χ0) is 16.9. The van der Waals surface area contributed by atoms with Crippen LogP contribution in [0, 0.1) is 6.92 Å². The van der Waals surface area contributed by atoms with E-state index in [1.54, 1.807) is 0 Å². The number of benzene rings is 1. The van der Waals surface area contributed by atoms with Crippen molar-refractivity contribution in [2.75, 3.05) is 13.1 Å². The average molecular weight is 418 g/mol. The molecule has 1 aromatic carbocycles. The number of thiazole rings is 1. The van der Waals surface area contributed by atoms with E-state index < -0.39 is 0 Å². The quantitative estimate of drug-likeness (QED) is 0.809. The second-order valence-corrected chi connectivity index (χ2v) is 7.20. The van der Waals surface area contributed by atoms with Gasteiger partial charge < -0.3 is 15.4 Å². The fraction of sp³-hybridized carbons (Fsp3) is 0.444. The van der Waals surface area contributed by atoms with Gasteiger partial charge in [-0.05, 0) is 31.9 Å². The number of aromatic nitrogens is 1. The Morgan fingerprint density at radius 3 is 2.77 bits per heavy atom. The second-order valence-electron chi connectivity index (χ2n) is 6.25. The number of rotatable bonds is 5. The summed E-state index contributed by atoms with van der Waals surface area (Å²) in [6.07, 6.45) is 2.33. The molecule has 2 heterocycles. The number of ether oxygens (including phenoxy) is 1. The van der Waals surface area contributed by atoms with Crippen molar-refractivity contribution in [3.63, 3.8) is 0 Å². The Morgan fingerprint density at radius 1 is 1.35 bits per heavy atom. The van der Waals surface area contributed by atoms with Crippen molar-refractivity contribution in [3.05, 3.63) is 45.9 Å². The first-order valence-electron chi connectivity index (χ1n) is 8.26. The Labute approximate surface area is 170 Å². The van der Waals surface area contributed by atoms with Crippen molar-refractivity contribution < 1.29 is 9.53 Å². The van der Waals surface area contributed by atoms with Crippen LogP contribution in [0.3, 0.4) is 0 Å². The molecule has 1 fully saturated rings. The van der Waals surface area contributed by atoms with Crippen molar-refractivity contribution >= 4 is 42.1 Å². The van der Waals surface area contributed by atoms with E-state index in [-0.39, 0.29) is 36.8 Å². The maximum Gasteiger partial charge on any atom is 0.228 e. The molecule has 1 aromatic heterocycles. The molecular weight excluding hydrogens is 393 g/mol. The lowest BCUT2D eigenvalue weighted by molar-refractivity contribution is -0.131. The minimum atomic E-state index is 0. The fourth-order valence-corrected chi connectivity index (χ4v) is 3.48. The fourth-order valence-electron chi connectivity index (χ4n) is 2.78. The molecule has 0 spiro atoms. The molecule has 144 valence electrons. The van der Waals surface area contributed by atoms with E-state index in [2.05, 4.69) is 4.98 Å². The largest absolute Gasteiger partial charge is 0.486 e. The first kappa shape index (κ1) is 22.7. The van der Waals surface area contributed by atoms with Gasteiger partial charge in [-0.2, -0.15) is 0 Å². The van der Waals surface area contributed by atoms with Gasteiger partial charge >= 0.3 is 0 Å². The van der Waals surface area contributed by atoms with E-state index in [0.29, 0.717) is 19.6 Å². The minimum absolute atomic E-state index is 0. The highest BCUT2D eigenvalue weighted by Gasteiger charge is 2.21. The number of carbonyl (C=O) groups is 1. The molecule has 0 radical (unpaired) electrons. The van der Waals surface area contributed by atoms with Crippen LogP contribution < -0.4 is 10.5 Å². The normalized spacial score (nSPS) is 16.4. The summed E-state index contributed by atoms with van der Waals surface area (Å²) in [4.78, 5) is 18.7. The monoisotopic (exact) mass is 417 g/mol. The van der Waals surface area contributed by atoms with Gasteiger partial charge in [-0.15, -0.1) is 36.2 Å². The molecule has 1 aliphatic rings. The summed E-state index contributed by atoms with van der Waals surface area (Å²) in [5, 5.41) is 2.82. The lowest BCUT2D eigenvalue weighted by Gasteiger charge is -2.30. The van der Waals surface area contributed by atoms with Crippen molar-refractivity contribution in [3.8, 4) is 5.75 Å². The lowest BCUT2D eigenvalue weighted by Crippen LogP contribution is -2.46. The third-order valence-electron chi connectivity index (χ3n) is 4.13. The molecule has 0 aliphatic carbocycles. The lowest BCUT2D eigenvalue weighted by atomic mass is 10.1. The Balaban J connectivity index is 0.00000169. The highest BCUT2D eigenvalue weighted by molar-refractivity contribution is 7.09. The minimum Gasteiger partial charge on any atom is -0.486 e. The molecule has 1 amide bonds. The van der Waals surface area contributed by atoms with Gasteiger partial charge in [0.1, 0.15) is 17.4 Å². The molecular formula is C18H25Cl2N3O2S. The number of likely N-dealkylation sites (tertiary alicyclic amines) is 1. The molecule has 5 nitrogen and oxygen atoms in total. The van der Waals surface area contributed by atoms with Gasteiger partial charge in [-0.25, -0.2) is 4.98 Å². The van der Waals surface area contributed by atoms with Crippen LogP contribution in [0.2, 0.25) is 0 Å². The molecule has 2 aromatic rings. The molecule has 26 heavy (non-hydrogen) atoms. The summed E-state index contributed by atoms with van der Waals surface area (Å²) in [7, 11) is 0. The zero-order valence-corrected chi connectivity index (χ0v) is 17.2. The molecule has 3 rings (SSSR count). The van der Waals surface area contributed by atoms with Gasteiger partial charge in [0.15, 0.2) is 0 Å². The van der Waals surface area contributed by atoms with Crippen LogP contribution in [-0.4, -0.2) is 34.9 Å². The van der Waals surface area contributed by atoms with Crippen LogP contribution >= 0.6 is 36.2 Å². The molecule has 0 bridgehead atoms. The van der Waals surface area contributed by atoms with E-state index in [9.17, 15) is 4.79 Å². The molecule has 1 atom stereocenters. The first-order chi connectivity index (χ1) is 11.6. The van der Waals surface area contributed by atoms with Gasteiger partial charge in [0.2, 0.25) is 5.91 Å². The number of halogens is 2. The number of nitrogens with two attached hydrogens (primary N) is 1. The summed E-state index contributed by atoms with van der Waals surface area (Å²) in [6, 6.07) is 8.05. The number of hydrogen-bond acceptors (Lipinski definition) is 5. The highest BCUT2D eigenvalue weighted by Crippen LogP contribution is 2.17. The molecule has 1 unspecified atom stereocenters. The number of aryl methyl sites for hydroxylation is 1. The second kappa shape index (κ2) is 10.7. The Morgan fingerprint density at radius 2 is 2.08 bits per heavy atom. The highest BCUT2D eigenvalue weighted by atomic mass is 35.5. The molecule has 8 heteroatoms. The first-order valence-corrected chi connectivity index (χ1v) is 9.14. The summed E-state index contributed by atoms with van der Waals surface area (Å²) >= 11 is 1.53. The topological polar surface area (TPSA) is 68.5 Å². The predicted molar refractivity (Wildman–Crippen MR) is 110 cm³/mol. The van der Waals surface area contributed by atoms with Crippen LogP contribution in [-0.2, 0) is 17.8 Å². The summed E-state index contributed by atoms with van der Waals surface area (Å²) in [5.41, 5.74) is 7.96. The van der Waals surface area contributed by atoms with Gasteiger partial charge in [0.25, 0.3) is 0 Å². The van der Waals surface area contributed by atoms with E-state index in [1.807, 2.05) is 41.5 Å². The van der Waals surface area contributed by atoms with Gasteiger partial charge in [0, 0.05) is 24.5 Å². The van der Waals surface area contributed by atoms with Crippen LogP contribution in [0.4, 0.5) is 0 Å². The van der Waals surface area contributed by atoms with Crippen molar-refractivity contribution in [1.29, 1.82) is 0 Å². The van der Waals surface area contributed by atoms with Crippen molar-refractivity contribution in [1.82, 2.24) is 9.88 Å². The predicted octanol–water partition coefficient (Wildman–Crippen LogP) is 3.37. The molecule has 1 saturated heterocycles. The number of hydrogen-bond donors (Lipinski definition) is 1. The summed E-state index contributed by atoms with van der Waals surface area (Å²) in [5.74, 6) is 0.942. The Hall–Kier alpha value is -1.34. The molecule has 1 aliphatic heterocycles. The number of nitrogens with zero attached hydrogens (tertiary/aromatic N) is 2. The third kappa shape index (κ3) is 6.43. The number of carbonyl (C=O) groups excluding carboxylic acids is 1. The Kier molecular flexibility index (Phi) is 9.36. The summed E-state index contributed by atoms with van der Waals surface area (Å²) in [6.45, 7) is 3.94. The van der Waals surface area contributed by atoms with E-state index in [0.717, 1.165) is 35.8 Å². The van der Waals surface area contributed by atoms with Crippen molar-refractivity contribution in [2.24, 2.45) is 5.73 Å². The average Bonchev–Trinajstić information content (AvgIpc) is 3.02. The van der Waals surface area contributed by atoms with Crippen LogP contribution in [0.5, 0.6) is 5.75 Å². The van der Waals surface area contributed by atoms with Gasteiger partial charge in [0.05, 0.1) is 12.1 Å². The van der Waals surface area contributed by atoms with E-state index >= 15 is 0 Å². The van der Waals surface area contributed by atoms with Gasteiger partial charge in [-0.1, -0.05) is 17.7 Å². The van der Waals surface area contributed by atoms with Crippen LogP contribution in [0.25, 0.3) is 0 Å². The van der Waals surface area contributed by atoms with Gasteiger partial charge in [-0.3, -0.25) is 4.79 Å². The maximum absolute atomic E-state index is 12.3. The third-order valence-corrected chi connectivity index (χ3v) is 5.00.